The van der Waals surface area contributed by atoms with E-state index < -0.39 is 11.7 Å². The monoisotopic (exact) mass is 487 g/mol. The Hall–Kier alpha value is -2.30. The molecule has 0 rings (SSSR count). The van der Waals surface area contributed by atoms with Crippen molar-refractivity contribution in [3.63, 3.8) is 0 Å². The minimum atomic E-state index is -0.463. The van der Waals surface area contributed by atoms with Crippen LogP contribution in [0.3, 0.4) is 0 Å². The van der Waals surface area contributed by atoms with E-state index in [0.29, 0.717) is 13.1 Å². The van der Waals surface area contributed by atoms with Gasteiger partial charge in [0.25, 0.3) is 0 Å². The molecule has 0 aromatic rings. The average Bonchev–Trinajstić information content (AvgIpc) is 2.13. The van der Waals surface area contributed by atoms with E-state index in [4.69, 9.17) is 4.74 Å². The molecule has 0 heterocycles. The van der Waals surface area contributed by atoms with Crippen LogP contribution in [0.15, 0.2) is 0 Å². The van der Waals surface area contributed by atoms with Crippen molar-refractivity contribution in [3.8, 4) is 0 Å². The topological polar surface area (TPSA) is 79.5 Å². The van der Waals surface area contributed by atoms with E-state index in [1.807, 2.05) is 20.8 Å². The molecule has 7 heteroatoms. The van der Waals surface area contributed by atoms with Crippen LogP contribution in [0.5, 0.6) is 0 Å². The van der Waals surface area contributed by atoms with Gasteiger partial charge in [0.05, 0.1) is 0 Å². The summed E-state index contributed by atoms with van der Waals surface area (Å²) in [4.78, 5) is 20.9. The Morgan fingerprint density at radius 3 is 2.35 bits per heavy atom. The summed E-state index contributed by atoms with van der Waals surface area (Å²) in [5, 5.41) is 2.64. The maximum absolute atomic E-state index is 11.2. The van der Waals surface area contributed by atoms with Crippen LogP contribution in [0, 0.1) is 0 Å². The van der Waals surface area contributed by atoms with Gasteiger partial charge in [-0.2, -0.15) is 6.41 Å². The Labute approximate surface area is 96.1 Å². The predicted molar refractivity (Wildman–Crippen MR) is 60.3 cm³/mol. The van der Waals surface area contributed by atoms with E-state index in [9.17, 15) is 9.59 Å². The quantitative estimate of drug-likeness (QED) is 0.211. The fourth-order valence-corrected chi connectivity index (χ4v) is 0.942. The second kappa shape index (κ2) is 8.96. The largest absolute Gasteiger partial charge is 0.519 e. The maximum atomic E-state index is 11.2. The Morgan fingerprint density at radius 1 is 1.24 bits per heavy atom. The molecule has 106 valence electrons. The zero-order valence-electron chi connectivity index (χ0n) is 10.3. The summed E-state index contributed by atoms with van der Waals surface area (Å²) < 4.78 is 5.05. The standard InChI is InChI=1S/C10H20N3O3.Fm/c1-10(2,3)16-9(15)11-6-4-5-7-12-13-8-14;/h12H,4-7H2,1-3H3,(H,11,15)(H,13,14);/q-1;. The van der Waals surface area contributed by atoms with Crippen molar-refractivity contribution in [1.29, 1.82) is 0 Å². The summed E-state index contributed by atoms with van der Waals surface area (Å²) in [5.41, 5.74) is 4.39. The van der Waals surface area contributed by atoms with Gasteiger partial charge in [-0.3, -0.25) is 5.43 Å². The van der Waals surface area contributed by atoms with Crippen LogP contribution in [0.1, 0.15) is 33.6 Å². The van der Waals surface area contributed by atoms with Gasteiger partial charge in [0.1, 0.15) is 5.60 Å². The number of hydrogen-bond acceptors (Lipinski definition) is 4. The maximum Gasteiger partial charge on any atom is 0.407 e. The van der Waals surface area contributed by atoms with Gasteiger partial charge in [0, 0.05) is 13.1 Å². The van der Waals surface area contributed by atoms with Gasteiger partial charge in [-0.05, 0) is 33.6 Å². The van der Waals surface area contributed by atoms with E-state index in [1.54, 1.807) is 0 Å². The van der Waals surface area contributed by atoms with Crippen LogP contribution in [-0.4, -0.2) is 31.2 Å². The number of carbonyl (C=O) groups is 1. The molecule has 0 atom stereocenters. The molecular formula is C10H20FmN3O3-. The molecule has 0 aromatic carbocycles. The van der Waals surface area contributed by atoms with Crippen molar-refractivity contribution in [3.05, 3.63) is 0 Å². The number of ether oxygens (including phenoxy) is 1. The molecule has 0 aromatic heterocycles. The summed E-state index contributed by atoms with van der Waals surface area (Å²) in [7, 11) is 0. The summed E-state index contributed by atoms with van der Waals surface area (Å²) in [6.45, 7) is 6.65. The number of hydrazine groups is 1. The first-order valence-electron chi connectivity index (χ1n) is 5.27. The Bertz CT molecular complexity index is 219. The molecule has 0 unspecified atom stereocenters. The van der Waals surface area contributed by atoms with Crippen molar-refractivity contribution in [1.82, 2.24) is 16.2 Å². The van der Waals surface area contributed by atoms with Gasteiger partial charge in [-0.1, -0.05) is 0 Å². The molecular weight excluding hydrogens is 467 g/mol. The fraction of sp³-hybridized carbons (Fsp3) is 0.800. The minimum Gasteiger partial charge on any atom is -0.519 e. The molecule has 0 aliphatic rings. The van der Waals surface area contributed by atoms with E-state index in [1.165, 1.54) is 6.41 Å². The number of carbonyl (C=O) groups excluding carboxylic acids is 2. The fourth-order valence-electron chi connectivity index (χ4n) is 0.942. The number of nitrogens with one attached hydrogen (secondary N) is 3. The first kappa shape index (κ1) is 17.1. The summed E-state index contributed by atoms with van der Waals surface area (Å²) >= 11 is 0. The Morgan fingerprint density at radius 2 is 1.82 bits per heavy atom. The molecule has 0 fully saturated rings. The third-order valence-electron chi connectivity index (χ3n) is 1.54. The van der Waals surface area contributed by atoms with Crippen molar-refractivity contribution < 1.29 is 14.3 Å². The van der Waals surface area contributed by atoms with Gasteiger partial charge in [-0.15, -0.1) is 0 Å². The molecule has 0 bridgehead atoms. The van der Waals surface area contributed by atoms with Gasteiger partial charge in [-0.25, -0.2) is 4.79 Å². The second-order valence-corrected chi connectivity index (χ2v) is 4.29. The van der Waals surface area contributed by atoms with Crippen molar-refractivity contribution in [2.75, 3.05) is 13.1 Å². The molecule has 2 amide bonds. The first-order chi connectivity index (χ1) is 7.45. The van der Waals surface area contributed by atoms with Crippen molar-refractivity contribution >= 4 is 12.5 Å². The van der Waals surface area contributed by atoms with E-state index in [-0.39, 0.29) is 0 Å². The van der Waals surface area contributed by atoms with Crippen LogP contribution < -0.4 is 16.2 Å². The Kier molecular flexibility index (Phi) is 9.02. The van der Waals surface area contributed by atoms with Crippen molar-refractivity contribution in [2.24, 2.45) is 0 Å². The van der Waals surface area contributed by atoms with E-state index in [0.717, 1.165) is 12.8 Å². The zero-order valence-corrected chi connectivity index (χ0v) is 12.7. The van der Waals surface area contributed by atoms with Crippen molar-refractivity contribution in [2.45, 2.75) is 39.2 Å². The van der Waals surface area contributed by atoms with Crippen LogP contribution in [0.2, 0.25) is 0 Å². The molecule has 0 radical (unpaired) electrons. The number of unbranched alkanes of at least 4 members (excludes halogenated alkanes) is 1. The smallest absolute Gasteiger partial charge is 0.407 e. The van der Waals surface area contributed by atoms with E-state index in [2.05, 4.69) is 16.2 Å². The summed E-state index contributed by atoms with van der Waals surface area (Å²) in [6.07, 6.45) is 2.75. The SMILES string of the molecule is CC(C)(C)OC(=O)NCCCCNN[C-]=O.[Fm]. The Balaban J connectivity index is 0. The van der Waals surface area contributed by atoms with Gasteiger partial charge >= 0.3 is 6.09 Å². The molecule has 0 saturated heterocycles. The van der Waals surface area contributed by atoms with Crippen LogP contribution in [0.4, 0.5) is 4.79 Å². The second-order valence-electron chi connectivity index (χ2n) is 4.29. The molecule has 17 heavy (non-hydrogen) atoms. The number of hydrogen-bond donors (Lipinski definition) is 3. The van der Waals surface area contributed by atoms with Crippen LogP contribution in [-0.2, 0) is 9.53 Å². The molecule has 0 spiro atoms. The number of alkyl carbamates (subject to hydrolysis) is 1. The van der Waals surface area contributed by atoms with Gasteiger partial charge in [0.2, 0.25) is 0 Å². The molecule has 0 aliphatic heterocycles. The van der Waals surface area contributed by atoms with Crippen LogP contribution >= 0.6 is 0 Å². The first-order valence-corrected chi connectivity index (χ1v) is 5.27. The van der Waals surface area contributed by atoms with Gasteiger partial charge < -0.3 is 20.3 Å². The third kappa shape index (κ3) is 13.7. The van der Waals surface area contributed by atoms with Gasteiger partial charge in [0.15, 0.2) is 0 Å². The average molecular weight is 487 g/mol. The molecule has 3 N–H and O–H groups in total. The molecule has 0 saturated carbocycles. The minimum absolute atomic E-state index is 0. The summed E-state index contributed by atoms with van der Waals surface area (Å²) in [6, 6.07) is 0. The third-order valence-corrected chi connectivity index (χ3v) is 1.54. The normalized spacial score (nSPS) is 10.1. The molecule has 0 aliphatic carbocycles. The number of amides is 2. The predicted octanol–water partition coefficient (Wildman–Crippen LogP) is 0.453. The van der Waals surface area contributed by atoms with Crippen LogP contribution in [0.25, 0.3) is 0 Å². The summed E-state index contributed by atoms with van der Waals surface area (Å²) in [5.74, 6) is 0. The zero-order chi connectivity index (χ0) is 12.4. The number of rotatable bonds is 7. The molecule has 6 nitrogen and oxygen atoms in total. The van der Waals surface area contributed by atoms with E-state index >= 15 is 0 Å².